The molecule has 0 fully saturated rings. The van der Waals surface area contributed by atoms with Crippen LogP contribution in [0.3, 0.4) is 0 Å². The third-order valence-electron chi connectivity index (χ3n) is 2.13. The lowest BCUT2D eigenvalue weighted by atomic mass is 10.2. The zero-order valence-electron chi connectivity index (χ0n) is 8.91. The molecule has 84 valence electrons. The number of carbonyl (C=O) groups is 1. The van der Waals surface area contributed by atoms with Gasteiger partial charge in [0.05, 0.1) is 0 Å². The summed E-state index contributed by atoms with van der Waals surface area (Å²) in [6, 6.07) is 0. The number of amides is 1. The highest BCUT2D eigenvalue weighted by Gasteiger charge is 2.06. The Balaban J connectivity index is 3.42. The van der Waals surface area contributed by atoms with E-state index in [0.29, 0.717) is 19.4 Å². The first-order valence-electron chi connectivity index (χ1n) is 5.18. The molecule has 2 N–H and O–H groups in total. The SMILES string of the molecule is CN(CCCO)C(=O)CCCCCO. The molecule has 0 aliphatic rings. The van der Waals surface area contributed by atoms with Crippen molar-refractivity contribution in [2.45, 2.75) is 32.1 Å². The van der Waals surface area contributed by atoms with Crippen molar-refractivity contribution in [2.75, 3.05) is 26.8 Å². The number of carbonyl (C=O) groups excluding carboxylic acids is 1. The minimum atomic E-state index is 0.122. The fraction of sp³-hybridized carbons (Fsp3) is 0.900. The first-order chi connectivity index (χ1) is 6.72. The Kier molecular flexibility index (Phi) is 8.57. The zero-order chi connectivity index (χ0) is 10.8. The molecule has 0 heterocycles. The van der Waals surface area contributed by atoms with Crippen molar-refractivity contribution in [1.29, 1.82) is 0 Å². The standard InChI is InChI=1S/C10H21NO3/c1-11(7-5-9-13)10(14)6-3-2-4-8-12/h12-13H,2-9H2,1H3. The second kappa shape index (κ2) is 8.97. The second-order valence-electron chi connectivity index (χ2n) is 3.43. The van der Waals surface area contributed by atoms with Crippen LogP contribution in [-0.4, -0.2) is 47.8 Å². The van der Waals surface area contributed by atoms with Crippen LogP contribution in [0.15, 0.2) is 0 Å². The number of hydrogen-bond acceptors (Lipinski definition) is 3. The predicted octanol–water partition coefficient (Wildman–Crippen LogP) is 0.380. The molecule has 4 nitrogen and oxygen atoms in total. The summed E-state index contributed by atoms with van der Waals surface area (Å²) in [7, 11) is 1.75. The lowest BCUT2D eigenvalue weighted by molar-refractivity contribution is -0.130. The summed E-state index contributed by atoms with van der Waals surface area (Å²) >= 11 is 0. The van der Waals surface area contributed by atoms with Crippen LogP contribution in [0, 0.1) is 0 Å². The molecule has 0 atom stereocenters. The quantitative estimate of drug-likeness (QED) is 0.561. The van der Waals surface area contributed by atoms with Gasteiger partial charge in [0, 0.05) is 33.2 Å². The molecule has 0 saturated heterocycles. The van der Waals surface area contributed by atoms with Gasteiger partial charge < -0.3 is 15.1 Å². The average Bonchev–Trinajstić information content (AvgIpc) is 2.20. The maximum atomic E-state index is 11.4. The largest absolute Gasteiger partial charge is 0.396 e. The van der Waals surface area contributed by atoms with E-state index in [-0.39, 0.29) is 19.1 Å². The maximum Gasteiger partial charge on any atom is 0.222 e. The summed E-state index contributed by atoms with van der Waals surface area (Å²) in [5, 5.41) is 17.1. The van der Waals surface area contributed by atoms with E-state index in [4.69, 9.17) is 10.2 Å². The summed E-state index contributed by atoms with van der Waals surface area (Å²) in [6.45, 7) is 0.950. The van der Waals surface area contributed by atoms with Crippen molar-refractivity contribution < 1.29 is 15.0 Å². The van der Waals surface area contributed by atoms with Gasteiger partial charge in [-0.15, -0.1) is 0 Å². The fourth-order valence-electron chi connectivity index (χ4n) is 1.19. The lowest BCUT2D eigenvalue weighted by Gasteiger charge is -2.16. The van der Waals surface area contributed by atoms with Crippen LogP contribution in [-0.2, 0) is 4.79 Å². The number of nitrogens with zero attached hydrogens (tertiary/aromatic N) is 1. The molecule has 0 rings (SSSR count). The third kappa shape index (κ3) is 6.86. The minimum absolute atomic E-state index is 0.122. The van der Waals surface area contributed by atoms with Crippen LogP contribution in [0.5, 0.6) is 0 Å². The van der Waals surface area contributed by atoms with Gasteiger partial charge in [0.15, 0.2) is 0 Å². The molecule has 0 bridgehead atoms. The van der Waals surface area contributed by atoms with Gasteiger partial charge in [-0.25, -0.2) is 0 Å². The molecule has 0 aliphatic heterocycles. The van der Waals surface area contributed by atoms with Crippen LogP contribution < -0.4 is 0 Å². The van der Waals surface area contributed by atoms with Crippen LogP contribution in [0.25, 0.3) is 0 Å². The Morgan fingerprint density at radius 1 is 1.07 bits per heavy atom. The molecule has 0 unspecified atom stereocenters. The van der Waals surface area contributed by atoms with Gasteiger partial charge in [-0.2, -0.15) is 0 Å². The molecule has 0 aromatic carbocycles. The van der Waals surface area contributed by atoms with Crippen LogP contribution in [0.1, 0.15) is 32.1 Å². The Labute approximate surface area is 85.5 Å². The summed E-state index contributed by atoms with van der Waals surface area (Å²) in [5.74, 6) is 0.122. The number of aliphatic hydroxyl groups excluding tert-OH is 2. The van der Waals surface area contributed by atoms with Crippen LogP contribution in [0.2, 0.25) is 0 Å². The second-order valence-corrected chi connectivity index (χ2v) is 3.43. The highest BCUT2D eigenvalue weighted by atomic mass is 16.3. The molecule has 0 aromatic rings. The van der Waals surface area contributed by atoms with Crippen molar-refractivity contribution >= 4 is 5.91 Å². The van der Waals surface area contributed by atoms with E-state index in [0.717, 1.165) is 19.3 Å². The van der Waals surface area contributed by atoms with Gasteiger partial charge in [-0.3, -0.25) is 4.79 Å². The summed E-state index contributed by atoms with van der Waals surface area (Å²) in [6.07, 6.45) is 3.69. The van der Waals surface area contributed by atoms with E-state index in [9.17, 15) is 4.79 Å². The van der Waals surface area contributed by atoms with Crippen LogP contribution in [0.4, 0.5) is 0 Å². The van der Waals surface area contributed by atoms with Gasteiger partial charge in [0.25, 0.3) is 0 Å². The topological polar surface area (TPSA) is 60.8 Å². The number of unbranched alkanes of at least 4 members (excludes halogenated alkanes) is 2. The van der Waals surface area contributed by atoms with Gasteiger partial charge in [0.2, 0.25) is 5.91 Å². The molecular weight excluding hydrogens is 182 g/mol. The van der Waals surface area contributed by atoms with Crippen molar-refractivity contribution in [3.8, 4) is 0 Å². The number of aliphatic hydroxyl groups is 2. The average molecular weight is 203 g/mol. The van der Waals surface area contributed by atoms with Crippen molar-refractivity contribution in [3.05, 3.63) is 0 Å². The van der Waals surface area contributed by atoms with Crippen molar-refractivity contribution in [1.82, 2.24) is 4.90 Å². The zero-order valence-corrected chi connectivity index (χ0v) is 8.91. The maximum absolute atomic E-state index is 11.4. The van der Waals surface area contributed by atoms with E-state index in [1.807, 2.05) is 0 Å². The molecule has 0 saturated carbocycles. The lowest BCUT2D eigenvalue weighted by Crippen LogP contribution is -2.27. The van der Waals surface area contributed by atoms with Crippen molar-refractivity contribution in [2.24, 2.45) is 0 Å². The molecule has 4 heteroatoms. The van der Waals surface area contributed by atoms with Gasteiger partial charge in [-0.05, 0) is 19.3 Å². The Morgan fingerprint density at radius 3 is 2.29 bits per heavy atom. The van der Waals surface area contributed by atoms with E-state index >= 15 is 0 Å². The first kappa shape index (κ1) is 13.4. The minimum Gasteiger partial charge on any atom is -0.396 e. The molecule has 0 spiro atoms. The Bertz CT molecular complexity index is 150. The normalized spacial score (nSPS) is 10.2. The molecule has 0 aliphatic carbocycles. The summed E-state index contributed by atoms with van der Waals surface area (Å²) in [5.41, 5.74) is 0. The molecule has 0 radical (unpaired) electrons. The summed E-state index contributed by atoms with van der Waals surface area (Å²) in [4.78, 5) is 13.0. The van der Waals surface area contributed by atoms with E-state index in [2.05, 4.69) is 0 Å². The van der Waals surface area contributed by atoms with Gasteiger partial charge in [0.1, 0.15) is 0 Å². The Hall–Kier alpha value is -0.610. The smallest absolute Gasteiger partial charge is 0.222 e. The number of rotatable bonds is 8. The van der Waals surface area contributed by atoms with E-state index < -0.39 is 0 Å². The third-order valence-corrected chi connectivity index (χ3v) is 2.13. The highest BCUT2D eigenvalue weighted by Crippen LogP contribution is 2.02. The van der Waals surface area contributed by atoms with Gasteiger partial charge >= 0.3 is 0 Å². The van der Waals surface area contributed by atoms with Crippen molar-refractivity contribution in [3.63, 3.8) is 0 Å². The first-order valence-corrected chi connectivity index (χ1v) is 5.18. The van der Waals surface area contributed by atoms with E-state index in [1.165, 1.54) is 0 Å². The molecular formula is C10H21NO3. The predicted molar refractivity (Wildman–Crippen MR) is 54.9 cm³/mol. The summed E-state index contributed by atoms with van der Waals surface area (Å²) < 4.78 is 0. The monoisotopic (exact) mass is 203 g/mol. The Morgan fingerprint density at radius 2 is 1.71 bits per heavy atom. The molecule has 0 aromatic heterocycles. The fourth-order valence-corrected chi connectivity index (χ4v) is 1.19. The van der Waals surface area contributed by atoms with Crippen LogP contribution >= 0.6 is 0 Å². The van der Waals surface area contributed by atoms with Gasteiger partial charge in [-0.1, -0.05) is 6.42 Å². The number of hydrogen-bond donors (Lipinski definition) is 2. The highest BCUT2D eigenvalue weighted by molar-refractivity contribution is 5.75. The van der Waals surface area contributed by atoms with E-state index in [1.54, 1.807) is 11.9 Å². The molecule has 14 heavy (non-hydrogen) atoms. The molecule has 1 amide bonds.